The summed E-state index contributed by atoms with van der Waals surface area (Å²) >= 11 is 0. The molecule has 35 heavy (non-hydrogen) atoms. The quantitative estimate of drug-likeness (QED) is 0.368. The summed E-state index contributed by atoms with van der Waals surface area (Å²) in [6.07, 6.45) is -0.983. The highest BCUT2D eigenvalue weighted by molar-refractivity contribution is 5.95. The number of ether oxygens (including phenoxy) is 1. The van der Waals surface area contributed by atoms with E-state index in [-0.39, 0.29) is 31.2 Å². The molecule has 0 saturated heterocycles. The molecule has 2 aromatic carbocycles. The Morgan fingerprint density at radius 3 is 2.31 bits per heavy atom. The minimum Gasteiger partial charge on any atom is -0.481 e. The molecular formula is C25H26N4O6. The van der Waals surface area contributed by atoms with Crippen molar-refractivity contribution in [2.24, 2.45) is 7.05 Å². The van der Waals surface area contributed by atoms with Crippen LogP contribution in [-0.2, 0) is 23.1 Å². The molecule has 0 saturated carbocycles. The number of nitrogens with zero attached hydrogens (tertiary/aromatic N) is 2. The van der Waals surface area contributed by atoms with E-state index in [1.54, 1.807) is 7.05 Å². The number of carbonyl (C=O) groups is 3. The summed E-state index contributed by atoms with van der Waals surface area (Å²) in [5.41, 5.74) is 5.12. The fraction of sp³-hybridized carbons (Fsp3) is 0.280. The van der Waals surface area contributed by atoms with E-state index in [4.69, 9.17) is 9.84 Å². The lowest BCUT2D eigenvalue weighted by Crippen LogP contribution is -2.34. The third kappa shape index (κ3) is 5.33. The zero-order valence-corrected chi connectivity index (χ0v) is 19.1. The maximum Gasteiger partial charge on any atom is 0.407 e. The normalized spacial score (nSPS) is 13.0. The lowest BCUT2D eigenvalue weighted by molar-refractivity contribution is -0.139. The molecule has 1 aromatic heterocycles. The third-order valence-corrected chi connectivity index (χ3v) is 5.96. The van der Waals surface area contributed by atoms with Crippen LogP contribution in [0.15, 0.2) is 54.7 Å². The van der Waals surface area contributed by atoms with Crippen LogP contribution in [0.1, 0.15) is 39.5 Å². The Labute approximate surface area is 201 Å². The molecule has 0 fully saturated rings. The Morgan fingerprint density at radius 1 is 1.06 bits per heavy atom. The second-order valence-electron chi connectivity index (χ2n) is 8.27. The number of aliphatic carboxylic acids is 1. The molecule has 3 aromatic rings. The molecule has 0 radical (unpaired) electrons. The van der Waals surface area contributed by atoms with Gasteiger partial charge in [0.05, 0.1) is 36.5 Å². The van der Waals surface area contributed by atoms with E-state index in [1.165, 1.54) is 10.9 Å². The Morgan fingerprint density at radius 2 is 1.69 bits per heavy atom. The Kier molecular flexibility index (Phi) is 7.11. The topological polar surface area (TPSA) is 143 Å². The average molecular weight is 479 g/mol. The van der Waals surface area contributed by atoms with Crippen LogP contribution in [0.25, 0.3) is 11.1 Å². The monoisotopic (exact) mass is 478 g/mol. The van der Waals surface area contributed by atoms with Crippen LogP contribution in [0.2, 0.25) is 0 Å². The van der Waals surface area contributed by atoms with Crippen molar-refractivity contribution in [2.45, 2.75) is 25.0 Å². The van der Waals surface area contributed by atoms with Crippen molar-refractivity contribution in [2.75, 3.05) is 13.2 Å². The Balaban J connectivity index is 1.34. The maximum absolute atomic E-state index is 12.5. The van der Waals surface area contributed by atoms with Gasteiger partial charge in [0.25, 0.3) is 5.91 Å². The van der Waals surface area contributed by atoms with Crippen molar-refractivity contribution < 1.29 is 29.3 Å². The van der Waals surface area contributed by atoms with Crippen molar-refractivity contribution in [1.29, 1.82) is 0 Å². The van der Waals surface area contributed by atoms with Gasteiger partial charge < -0.3 is 25.6 Å². The highest BCUT2D eigenvalue weighted by Gasteiger charge is 2.29. The summed E-state index contributed by atoms with van der Waals surface area (Å²) in [7, 11) is 1.63. The number of rotatable bonds is 9. The first-order valence-corrected chi connectivity index (χ1v) is 11.1. The van der Waals surface area contributed by atoms with Crippen LogP contribution in [0.3, 0.4) is 0 Å². The first-order valence-electron chi connectivity index (χ1n) is 11.1. The second-order valence-corrected chi connectivity index (χ2v) is 8.27. The molecule has 4 rings (SSSR count). The summed E-state index contributed by atoms with van der Waals surface area (Å²) in [5.74, 6) is -1.77. The van der Waals surface area contributed by atoms with E-state index in [0.29, 0.717) is 5.69 Å². The number of aryl methyl sites for hydroxylation is 1. The molecule has 0 aliphatic heterocycles. The number of carboxylic acids is 1. The predicted octanol–water partition coefficient (Wildman–Crippen LogP) is 2.02. The number of hydrogen-bond acceptors (Lipinski definition) is 6. The number of carboxylic acid groups (broad SMARTS) is 1. The molecule has 10 heteroatoms. The molecule has 0 bridgehead atoms. The molecule has 1 unspecified atom stereocenters. The summed E-state index contributed by atoms with van der Waals surface area (Å²) in [6.45, 7) is -0.0626. The number of carbonyl (C=O) groups excluding carboxylic acids is 2. The van der Waals surface area contributed by atoms with E-state index in [2.05, 4.69) is 27.9 Å². The van der Waals surface area contributed by atoms with Crippen LogP contribution >= 0.6 is 0 Å². The summed E-state index contributed by atoms with van der Waals surface area (Å²) in [6, 6.07) is 16.1. The standard InChI is InChI=1S/C25H26N4O6/c1-29-22(20(12-28-29)24(33)26-11-15(30)10-23(31)32)13-27-25(34)35-14-21-18-8-4-2-6-16(18)17-7-3-5-9-19(17)21/h2-9,12,15,21,30H,10-11,13-14H2,1H3,(H,26,33)(H,27,34)(H,31,32). The van der Waals surface area contributed by atoms with Gasteiger partial charge in [-0.2, -0.15) is 5.10 Å². The van der Waals surface area contributed by atoms with Gasteiger partial charge in [-0.3, -0.25) is 14.3 Å². The third-order valence-electron chi connectivity index (χ3n) is 5.96. The highest BCUT2D eigenvalue weighted by Crippen LogP contribution is 2.44. The number of fused-ring (bicyclic) bond motifs is 3. The number of aliphatic hydroxyl groups is 1. The van der Waals surface area contributed by atoms with Crippen LogP contribution in [0, 0.1) is 0 Å². The highest BCUT2D eigenvalue weighted by atomic mass is 16.5. The molecule has 1 heterocycles. The van der Waals surface area contributed by atoms with Gasteiger partial charge in [-0.1, -0.05) is 48.5 Å². The van der Waals surface area contributed by atoms with Gasteiger partial charge in [-0.15, -0.1) is 0 Å². The van der Waals surface area contributed by atoms with Gasteiger partial charge in [0, 0.05) is 19.5 Å². The van der Waals surface area contributed by atoms with Crippen LogP contribution in [0.4, 0.5) is 4.79 Å². The molecule has 182 valence electrons. The van der Waals surface area contributed by atoms with Crippen LogP contribution < -0.4 is 10.6 Å². The predicted molar refractivity (Wildman–Crippen MR) is 126 cm³/mol. The molecule has 1 aliphatic carbocycles. The Bertz CT molecular complexity index is 1210. The molecule has 10 nitrogen and oxygen atoms in total. The lowest BCUT2D eigenvalue weighted by atomic mass is 9.98. The van der Waals surface area contributed by atoms with Gasteiger partial charge in [0.1, 0.15) is 6.61 Å². The minimum absolute atomic E-state index is 0.00634. The first-order chi connectivity index (χ1) is 16.8. The molecule has 4 N–H and O–H groups in total. The van der Waals surface area contributed by atoms with Crippen molar-refractivity contribution in [3.8, 4) is 11.1 Å². The van der Waals surface area contributed by atoms with Gasteiger partial charge >= 0.3 is 12.1 Å². The van der Waals surface area contributed by atoms with Crippen molar-refractivity contribution in [3.05, 3.63) is 77.1 Å². The zero-order chi connectivity index (χ0) is 24.9. The van der Waals surface area contributed by atoms with Crippen molar-refractivity contribution >= 4 is 18.0 Å². The number of benzene rings is 2. The maximum atomic E-state index is 12.5. The van der Waals surface area contributed by atoms with Gasteiger partial charge in [-0.25, -0.2) is 4.79 Å². The Hall–Kier alpha value is -4.18. The van der Waals surface area contributed by atoms with Gasteiger partial charge in [0.2, 0.25) is 0 Å². The summed E-state index contributed by atoms with van der Waals surface area (Å²) in [5, 5.41) is 27.5. The molecule has 1 atom stereocenters. The number of nitrogens with one attached hydrogen (secondary N) is 2. The number of hydrogen-bond donors (Lipinski definition) is 4. The van der Waals surface area contributed by atoms with Crippen LogP contribution in [0.5, 0.6) is 0 Å². The number of alkyl carbamates (subject to hydrolysis) is 1. The van der Waals surface area contributed by atoms with Crippen molar-refractivity contribution in [3.63, 3.8) is 0 Å². The van der Waals surface area contributed by atoms with E-state index in [1.807, 2.05) is 36.4 Å². The molecule has 0 spiro atoms. The van der Waals surface area contributed by atoms with E-state index in [0.717, 1.165) is 22.3 Å². The summed E-state index contributed by atoms with van der Waals surface area (Å²) < 4.78 is 6.98. The van der Waals surface area contributed by atoms with Gasteiger partial charge in [-0.05, 0) is 22.3 Å². The zero-order valence-electron chi connectivity index (χ0n) is 19.1. The van der Waals surface area contributed by atoms with Crippen molar-refractivity contribution in [1.82, 2.24) is 20.4 Å². The fourth-order valence-corrected chi connectivity index (χ4v) is 4.25. The van der Waals surface area contributed by atoms with E-state index < -0.39 is 30.5 Å². The molecular weight excluding hydrogens is 452 g/mol. The second kappa shape index (κ2) is 10.4. The van der Waals surface area contributed by atoms with Gasteiger partial charge in [0.15, 0.2) is 0 Å². The minimum atomic E-state index is -1.21. The average Bonchev–Trinajstić information content (AvgIpc) is 3.37. The van der Waals surface area contributed by atoms with Crippen LogP contribution in [-0.4, -0.2) is 57.2 Å². The smallest absolute Gasteiger partial charge is 0.407 e. The lowest BCUT2D eigenvalue weighted by Gasteiger charge is -2.15. The van der Waals surface area contributed by atoms with E-state index >= 15 is 0 Å². The number of aliphatic hydroxyl groups excluding tert-OH is 1. The SMILES string of the molecule is Cn1ncc(C(=O)NCC(O)CC(=O)O)c1CNC(=O)OCC1c2ccccc2-c2ccccc21. The molecule has 1 aliphatic rings. The number of aromatic nitrogens is 2. The number of amides is 2. The summed E-state index contributed by atoms with van der Waals surface area (Å²) in [4.78, 5) is 35.6. The fourth-order valence-electron chi connectivity index (χ4n) is 4.25. The van der Waals surface area contributed by atoms with E-state index in [9.17, 15) is 19.5 Å². The largest absolute Gasteiger partial charge is 0.481 e. The molecule has 2 amide bonds. The first kappa shape index (κ1) is 24.0.